The summed E-state index contributed by atoms with van der Waals surface area (Å²) in [6.07, 6.45) is 1.67. The Morgan fingerprint density at radius 1 is 1.04 bits per heavy atom. The number of nitrogens with zero attached hydrogens (tertiary/aromatic N) is 1. The lowest BCUT2D eigenvalue weighted by atomic mass is 10.0. The number of carbonyl (C=O) groups is 1. The topological polar surface area (TPSA) is 85.4 Å². The third-order valence-corrected chi connectivity index (χ3v) is 4.00. The Morgan fingerprint density at radius 2 is 1.85 bits per heavy atom. The summed E-state index contributed by atoms with van der Waals surface area (Å²) in [6.45, 7) is 0.760. The van der Waals surface area contributed by atoms with Crippen molar-refractivity contribution in [2.75, 3.05) is 0 Å². The molecule has 0 bridgehead atoms. The maximum Gasteiger partial charge on any atom is 0.307 e. The molecule has 0 fully saturated rings. The number of aliphatic carboxylic acids is 1. The predicted octanol–water partition coefficient (Wildman–Crippen LogP) is 3.41. The predicted molar refractivity (Wildman–Crippen MR) is 99.7 cm³/mol. The molecule has 0 aliphatic heterocycles. The molecule has 132 valence electrons. The molecule has 5 heteroatoms. The molecule has 0 aliphatic rings. The Kier molecular flexibility index (Phi) is 5.61. The Bertz CT molecular complexity index is 909. The second kappa shape index (κ2) is 8.27. The third-order valence-electron chi connectivity index (χ3n) is 4.00. The molecule has 0 amide bonds. The van der Waals surface area contributed by atoms with Gasteiger partial charge in [0.15, 0.2) is 0 Å². The highest BCUT2D eigenvalue weighted by molar-refractivity contribution is 5.71. The third kappa shape index (κ3) is 4.46. The van der Waals surface area contributed by atoms with Crippen molar-refractivity contribution in [3.8, 4) is 16.9 Å². The largest absolute Gasteiger partial charge is 0.487 e. The van der Waals surface area contributed by atoms with Gasteiger partial charge in [-0.3, -0.25) is 9.78 Å². The second-order valence-electron chi connectivity index (χ2n) is 5.91. The molecule has 0 spiro atoms. The number of hydrogen-bond acceptors (Lipinski definition) is 4. The monoisotopic (exact) mass is 348 g/mol. The standard InChI is InChI=1S/C21H20N2O3/c22-13-15-4-3-6-16(10-15)17-8-9-23-19(11-17)14-26-20-7-2-1-5-18(20)12-21(24)25/h1-11H,12-14,22H2,(H,24,25). The summed E-state index contributed by atoms with van der Waals surface area (Å²) in [4.78, 5) is 15.3. The first-order valence-corrected chi connectivity index (χ1v) is 8.32. The van der Waals surface area contributed by atoms with Crippen molar-refractivity contribution in [1.29, 1.82) is 0 Å². The van der Waals surface area contributed by atoms with Crippen molar-refractivity contribution in [3.63, 3.8) is 0 Å². The lowest BCUT2D eigenvalue weighted by molar-refractivity contribution is -0.136. The van der Waals surface area contributed by atoms with E-state index in [9.17, 15) is 4.79 Å². The molecule has 0 saturated heterocycles. The summed E-state index contributed by atoms with van der Waals surface area (Å²) in [5, 5.41) is 9.00. The number of hydrogen-bond donors (Lipinski definition) is 2. The SMILES string of the molecule is NCc1cccc(-c2ccnc(COc3ccccc3CC(=O)O)c2)c1. The molecule has 0 aliphatic carbocycles. The summed E-state index contributed by atoms with van der Waals surface area (Å²) in [6, 6.07) is 19.1. The van der Waals surface area contributed by atoms with Gasteiger partial charge in [-0.15, -0.1) is 0 Å². The molecule has 0 atom stereocenters. The fourth-order valence-corrected chi connectivity index (χ4v) is 2.72. The van der Waals surface area contributed by atoms with Crippen LogP contribution in [0, 0.1) is 0 Å². The van der Waals surface area contributed by atoms with E-state index in [1.807, 2.05) is 36.4 Å². The van der Waals surface area contributed by atoms with E-state index in [1.165, 1.54) is 0 Å². The van der Waals surface area contributed by atoms with E-state index < -0.39 is 5.97 Å². The molecular formula is C21H20N2O3. The van der Waals surface area contributed by atoms with Crippen LogP contribution in [0.2, 0.25) is 0 Å². The number of rotatable bonds is 7. The molecule has 1 heterocycles. The Labute approximate surface area is 152 Å². The fraction of sp³-hybridized carbons (Fsp3) is 0.143. The maximum atomic E-state index is 11.0. The van der Waals surface area contributed by atoms with Gasteiger partial charge >= 0.3 is 5.97 Å². The van der Waals surface area contributed by atoms with Crippen molar-refractivity contribution >= 4 is 5.97 Å². The molecular weight excluding hydrogens is 328 g/mol. The Balaban J connectivity index is 1.77. The number of ether oxygens (including phenoxy) is 1. The fourth-order valence-electron chi connectivity index (χ4n) is 2.72. The zero-order valence-electron chi connectivity index (χ0n) is 14.3. The molecule has 3 aromatic rings. The van der Waals surface area contributed by atoms with Crippen molar-refractivity contribution in [3.05, 3.63) is 83.7 Å². The summed E-state index contributed by atoms with van der Waals surface area (Å²) in [5.74, 6) is -0.326. The highest BCUT2D eigenvalue weighted by Crippen LogP contribution is 2.23. The van der Waals surface area contributed by atoms with Gasteiger partial charge in [0.2, 0.25) is 0 Å². The number of pyridine rings is 1. The van der Waals surface area contributed by atoms with Crippen LogP contribution in [0.1, 0.15) is 16.8 Å². The number of nitrogens with two attached hydrogens (primary N) is 1. The lowest BCUT2D eigenvalue weighted by Crippen LogP contribution is -2.05. The lowest BCUT2D eigenvalue weighted by Gasteiger charge is -2.11. The highest BCUT2D eigenvalue weighted by atomic mass is 16.5. The van der Waals surface area contributed by atoms with Crippen LogP contribution in [0.15, 0.2) is 66.9 Å². The number of carboxylic acids is 1. The van der Waals surface area contributed by atoms with Crippen molar-refractivity contribution in [2.24, 2.45) is 5.73 Å². The van der Waals surface area contributed by atoms with Crippen LogP contribution in [0.5, 0.6) is 5.75 Å². The number of carboxylic acid groups (broad SMARTS) is 1. The molecule has 26 heavy (non-hydrogen) atoms. The summed E-state index contributed by atoms with van der Waals surface area (Å²) >= 11 is 0. The van der Waals surface area contributed by atoms with Crippen LogP contribution in [-0.4, -0.2) is 16.1 Å². The van der Waals surface area contributed by atoms with Crippen molar-refractivity contribution < 1.29 is 14.6 Å². The van der Waals surface area contributed by atoms with Crippen LogP contribution in [-0.2, 0) is 24.4 Å². The van der Waals surface area contributed by atoms with Crippen LogP contribution in [0.25, 0.3) is 11.1 Å². The minimum Gasteiger partial charge on any atom is -0.487 e. The first-order chi connectivity index (χ1) is 12.7. The van der Waals surface area contributed by atoms with Crippen molar-refractivity contribution in [2.45, 2.75) is 19.6 Å². The Morgan fingerprint density at radius 3 is 2.65 bits per heavy atom. The van der Waals surface area contributed by atoms with E-state index in [0.29, 0.717) is 17.9 Å². The minimum absolute atomic E-state index is 0.0739. The summed E-state index contributed by atoms with van der Waals surface area (Å²) in [7, 11) is 0. The summed E-state index contributed by atoms with van der Waals surface area (Å²) in [5.41, 5.74) is 10.3. The average molecular weight is 348 g/mol. The molecule has 2 aromatic carbocycles. The zero-order valence-corrected chi connectivity index (χ0v) is 14.3. The van der Waals surface area contributed by atoms with Gasteiger partial charge in [0.1, 0.15) is 12.4 Å². The first kappa shape index (κ1) is 17.6. The maximum absolute atomic E-state index is 11.0. The quantitative estimate of drug-likeness (QED) is 0.683. The van der Waals surface area contributed by atoms with Gasteiger partial charge in [0.05, 0.1) is 12.1 Å². The summed E-state index contributed by atoms with van der Waals surface area (Å²) < 4.78 is 5.81. The molecule has 0 unspecified atom stereocenters. The van der Waals surface area contributed by atoms with Gasteiger partial charge in [0, 0.05) is 18.3 Å². The number of para-hydroxylation sites is 1. The first-order valence-electron chi connectivity index (χ1n) is 8.32. The molecule has 5 nitrogen and oxygen atoms in total. The van der Waals surface area contributed by atoms with E-state index in [0.717, 1.165) is 22.4 Å². The average Bonchev–Trinajstić information content (AvgIpc) is 2.67. The van der Waals surface area contributed by atoms with E-state index in [-0.39, 0.29) is 13.0 Å². The zero-order chi connectivity index (χ0) is 18.4. The normalized spacial score (nSPS) is 10.5. The van der Waals surface area contributed by atoms with Gasteiger partial charge in [0.25, 0.3) is 0 Å². The van der Waals surface area contributed by atoms with Gasteiger partial charge in [-0.25, -0.2) is 0 Å². The highest BCUT2D eigenvalue weighted by Gasteiger charge is 2.08. The smallest absolute Gasteiger partial charge is 0.307 e. The van der Waals surface area contributed by atoms with Gasteiger partial charge < -0.3 is 15.6 Å². The Hall–Kier alpha value is -3.18. The van der Waals surface area contributed by atoms with Crippen LogP contribution >= 0.6 is 0 Å². The van der Waals surface area contributed by atoms with Crippen molar-refractivity contribution in [1.82, 2.24) is 4.98 Å². The van der Waals surface area contributed by atoms with Crippen LogP contribution in [0.4, 0.5) is 0 Å². The molecule has 1 aromatic heterocycles. The number of benzene rings is 2. The molecule has 3 rings (SSSR count). The molecule has 0 radical (unpaired) electrons. The van der Waals surface area contributed by atoms with Crippen LogP contribution in [0.3, 0.4) is 0 Å². The van der Waals surface area contributed by atoms with Gasteiger partial charge in [-0.05, 0) is 41.0 Å². The van der Waals surface area contributed by atoms with E-state index in [2.05, 4.69) is 11.1 Å². The molecule has 0 saturated carbocycles. The number of aromatic nitrogens is 1. The van der Waals surface area contributed by atoms with E-state index >= 15 is 0 Å². The molecule has 3 N–H and O–H groups in total. The van der Waals surface area contributed by atoms with Gasteiger partial charge in [-0.2, -0.15) is 0 Å². The minimum atomic E-state index is -0.888. The van der Waals surface area contributed by atoms with Gasteiger partial charge in [-0.1, -0.05) is 36.4 Å². The van der Waals surface area contributed by atoms with E-state index in [1.54, 1.807) is 24.4 Å². The van der Waals surface area contributed by atoms with Crippen LogP contribution < -0.4 is 10.5 Å². The second-order valence-corrected chi connectivity index (χ2v) is 5.91. The van der Waals surface area contributed by atoms with E-state index in [4.69, 9.17) is 15.6 Å².